The molecule has 0 spiro atoms. The number of nitrogens with zero attached hydrogens (tertiary/aromatic N) is 2. The Morgan fingerprint density at radius 3 is 3.06 bits per heavy atom. The summed E-state index contributed by atoms with van der Waals surface area (Å²) in [5.74, 6) is -0.244. The van der Waals surface area contributed by atoms with Crippen molar-refractivity contribution >= 4 is 0 Å². The van der Waals surface area contributed by atoms with E-state index in [-0.39, 0.29) is 5.82 Å². The van der Waals surface area contributed by atoms with Crippen LogP contribution in [0.5, 0.6) is 0 Å². The van der Waals surface area contributed by atoms with Gasteiger partial charge in [0.2, 0.25) is 0 Å². The molecule has 2 rings (SSSR count). The summed E-state index contributed by atoms with van der Waals surface area (Å²) < 4.78 is 13.6. The van der Waals surface area contributed by atoms with Crippen LogP contribution in [-0.4, -0.2) is 24.0 Å². The standard InChI is InChI=1S/C13H16FN3/c14-13-4-3-10(7-15)6-11(13)9-17-5-1-2-12(17)8-16/h3-4,6,12H,1-2,5,8-9,16H2. The number of halogens is 1. The molecule has 4 heteroatoms. The summed E-state index contributed by atoms with van der Waals surface area (Å²) in [6, 6.07) is 6.87. The Hall–Kier alpha value is -1.44. The molecule has 1 aliphatic heterocycles. The maximum atomic E-state index is 13.6. The minimum Gasteiger partial charge on any atom is -0.329 e. The molecule has 1 saturated heterocycles. The first kappa shape index (κ1) is 12.0. The molecule has 0 aromatic heterocycles. The Morgan fingerprint density at radius 2 is 2.35 bits per heavy atom. The number of hydrogen-bond acceptors (Lipinski definition) is 3. The van der Waals surface area contributed by atoms with Crippen molar-refractivity contribution in [1.29, 1.82) is 5.26 Å². The Balaban J connectivity index is 2.15. The molecule has 1 unspecified atom stereocenters. The molecule has 0 aliphatic carbocycles. The van der Waals surface area contributed by atoms with E-state index >= 15 is 0 Å². The van der Waals surface area contributed by atoms with Crippen molar-refractivity contribution in [2.24, 2.45) is 5.73 Å². The van der Waals surface area contributed by atoms with Crippen LogP contribution in [0.3, 0.4) is 0 Å². The third-order valence-electron chi connectivity index (χ3n) is 3.32. The molecule has 0 radical (unpaired) electrons. The van der Waals surface area contributed by atoms with E-state index in [4.69, 9.17) is 11.0 Å². The second kappa shape index (κ2) is 5.26. The van der Waals surface area contributed by atoms with E-state index in [0.29, 0.717) is 30.3 Å². The van der Waals surface area contributed by atoms with E-state index in [1.807, 2.05) is 6.07 Å². The smallest absolute Gasteiger partial charge is 0.127 e. The third-order valence-corrected chi connectivity index (χ3v) is 3.32. The van der Waals surface area contributed by atoms with Gasteiger partial charge in [-0.1, -0.05) is 0 Å². The molecule has 90 valence electrons. The molecule has 1 heterocycles. The van der Waals surface area contributed by atoms with Crippen molar-refractivity contribution in [2.75, 3.05) is 13.1 Å². The van der Waals surface area contributed by atoms with Gasteiger partial charge < -0.3 is 5.73 Å². The van der Waals surface area contributed by atoms with Gasteiger partial charge in [-0.2, -0.15) is 5.26 Å². The molecule has 3 nitrogen and oxygen atoms in total. The molecule has 17 heavy (non-hydrogen) atoms. The molecule has 1 aromatic rings. The molecule has 1 aliphatic rings. The number of hydrogen-bond donors (Lipinski definition) is 1. The van der Waals surface area contributed by atoms with Gasteiger partial charge in [0.05, 0.1) is 11.6 Å². The zero-order valence-electron chi connectivity index (χ0n) is 9.69. The van der Waals surface area contributed by atoms with Crippen molar-refractivity contribution in [1.82, 2.24) is 4.90 Å². The van der Waals surface area contributed by atoms with Crippen molar-refractivity contribution < 1.29 is 4.39 Å². The molecule has 0 saturated carbocycles. The van der Waals surface area contributed by atoms with Crippen LogP contribution in [0.4, 0.5) is 4.39 Å². The van der Waals surface area contributed by atoms with Crippen molar-refractivity contribution in [3.05, 3.63) is 35.1 Å². The first-order valence-corrected chi connectivity index (χ1v) is 5.87. The van der Waals surface area contributed by atoms with Gasteiger partial charge in [0, 0.05) is 24.7 Å². The Bertz CT molecular complexity index is 439. The van der Waals surface area contributed by atoms with Crippen LogP contribution in [0.1, 0.15) is 24.0 Å². The van der Waals surface area contributed by atoms with Gasteiger partial charge in [-0.05, 0) is 37.6 Å². The average molecular weight is 233 g/mol. The van der Waals surface area contributed by atoms with E-state index in [0.717, 1.165) is 19.4 Å². The SMILES string of the molecule is N#Cc1ccc(F)c(CN2CCCC2CN)c1. The lowest BCUT2D eigenvalue weighted by Gasteiger charge is -2.23. The fraction of sp³-hybridized carbons (Fsp3) is 0.462. The molecule has 1 aromatic carbocycles. The summed E-state index contributed by atoms with van der Waals surface area (Å²) in [7, 11) is 0. The molecular formula is C13H16FN3. The number of likely N-dealkylation sites (tertiary alicyclic amines) is 1. The largest absolute Gasteiger partial charge is 0.329 e. The molecule has 1 fully saturated rings. The van der Waals surface area contributed by atoms with Gasteiger partial charge in [-0.15, -0.1) is 0 Å². The van der Waals surface area contributed by atoms with Crippen LogP contribution >= 0.6 is 0 Å². The summed E-state index contributed by atoms with van der Waals surface area (Å²) >= 11 is 0. The summed E-state index contributed by atoms with van der Waals surface area (Å²) in [5, 5.41) is 8.81. The van der Waals surface area contributed by atoms with Crippen molar-refractivity contribution in [3.63, 3.8) is 0 Å². The second-order valence-electron chi connectivity index (χ2n) is 4.42. The summed E-state index contributed by atoms with van der Waals surface area (Å²) in [5.41, 5.74) is 6.78. The number of rotatable bonds is 3. The molecule has 1 atom stereocenters. The van der Waals surface area contributed by atoms with Gasteiger partial charge in [0.25, 0.3) is 0 Å². The zero-order chi connectivity index (χ0) is 12.3. The number of nitriles is 1. The first-order valence-electron chi connectivity index (χ1n) is 5.87. The third kappa shape index (κ3) is 2.63. The van der Waals surface area contributed by atoms with E-state index in [1.165, 1.54) is 12.1 Å². The minimum absolute atomic E-state index is 0.244. The predicted octanol–water partition coefficient (Wildman–Crippen LogP) is 1.62. The lowest BCUT2D eigenvalue weighted by Crippen LogP contribution is -2.35. The fourth-order valence-corrected chi connectivity index (χ4v) is 2.35. The Morgan fingerprint density at radius 1 is 1.53 bits per heavy atom. The average Bonchev–Trinajstić information content (AvgIpc) is 2.79. The number of benzene rings is 1. The molecule has 2 N–H and O–H groups in total. The molecular weight excluding hydrogens is 217 g/mol. The molecule has 0 bridgehead atoms. The zero-order valence-corrected chi connectivity index (χ0v) is 9.69. The quantitative estimate of drug-likeness (QED) is 0.863. The highest BCUT2D eigenvalue weighted by Gasteiger charge is 2.23. The van der Waals surface area contributed by atoms with E-state index < -0.39 is 0 Å². The predicted molar refractivity (Wildman–Crippen MR) is 63.6 cm³/mol. The van der Waals surface area contributed by atoms with Gasteiger partial charge in [0.1, 0.15) is 5.82 Å². The summed E-state index contributed by atoms with van der Waals surface area (Å²) in [4.78, 5) is 2.19. The van der Waals surface area contributed by atoms with Crippen LogP contribution in [0.2, 0.25) is 0 Å². The van der Waals surface area contributed by atoms with Gasteiger partial charge >= 0.3 is 0 Å². The van der Waals surface area contributed by atoms with Gasteiger partial charge in [0.15, 0.2) is 0 Å². The van der Waals surface area contributed by atoms with Crippen molar-refractivity contribution in [3.8, 4) is 6.07 Å². The first-order chi connectivity index (χ1) is 8.24. The van der Waals surface area contributed by atoms with Crippen molar-refractivity contribution in [2.45, 2.75) is 25.4 Å². The summed E-state index contributed by atoms with van der Waals surface area (Å²) in [6.07, 6.45) is 2.19. The lowest BCUT2D eigenvalue weighted by atomic mass is 10.1. The highest BCUT2D eigenvalue weighted by atomic mass is 19.1. The monoisotopic (exact) mass is 233 g/mol. The maximum absolute atomic E-state index is 13.6. The molecule has 0 amide bonds. The minimum atomic E-state index is -0.244. The van der Waals surface area contributed by atoms with E-state index in [2.05, 4.69) is 4.90 Å². The summed E-state index contributed by atoms with van der Waals surface area (Å²) in [6.45, 7) is 2.11. The van der Waals surface area contributed by atoms with Crippen LogP contribution in [0, 0.1) is 17.1 Å². The van der Waals surface area contributed by atoms with E-state index in [9.17, 15) is 4.39 Å². The fourth-order valence-electron chi connectivity index (χ4n) is 2.35. The van der Waals surface area contributed by atoms with Gasteiger partial charge in [-0.3, -0.25) is 4.90 Å². The topological polar surface area (TPSA) is 53.0 Å². The van der Waals surface area contributed by atoms with Gasteiger partial charge in [-0.25, -0.2) is 4.39 Å². The Kier molecular flexibility index (Phi) is 3.72. The normalized spacial score (nSPS) is 20.4. The highest BCUT2D eigenvalue weighted by Crippen LogP contribution is 2.21. The van der Waals surface area contributed by atoms with Crippen LogP contribution in [0.25, 0.3) is 0 Å². The number of nitrogens with two attached hydrogens (primary N) is 1. The maximum Gasteiger partial charge on any atom is 0.127 e. The second-order valence-corrected chi connectivity index (χ2v) is 4.42. The van der Waals surface area contributed by atoms with Crippen LogP contribution in [0.15, 0.2) is 18.2 Å². The highest BCUT2D eigenvalue weighted by molar-refractivity contribution is 5.33. The Labute approximate surface area is 101 Å². The van der Waals surface area contributed by atoms with Crippen LogP contribution in [-0.2, 0) is 6.54 Å². The lowest BCUT2D eigenvalue weighted by molar-refractivity contribution is 0.247. The van der Waals surface area contributed by atoms with Crippen LogP contribution < -0.4 is 5.73 Å². The van der Waals surface area contributed by atoms with E-state index in [1.54, 1.807) is 6.07 Å².